The lowest BCUT2D eigenvalue weighted by atomic mass is 10.1. The summed E-state index contributed by atoms with van der Waals surface area (Å²) in [6.07, 6.45) is 0. The monoisotopic (exact) mass is 296 g/mol. The molecule has 0 radical (unpaired) electrons. The van der Waals surface area contributed by atoms with Gasteiger partial charge in [0.25, 0.3) is 0 Å². The summed E-state index contributed by atoms with van der Waals surface area (Å²) in [4.78, 5) is 3.11. The first-order valence-corrected chi connectivity index (χ1v) is 7.81. The second-order valence-electron chi connectivity index (χ2n) is 6.10. The van der Waals surface area contributed by atoms with Crippen LogP contribution in [0.15, 0.2) is 18.2 Å². The number of hydrogen-bond donors (Lipinski definition) is 2. The first kappa shape index (κ1) is 15.4. The number of hydrogen-bond acceptors (Lipinski definition) is 2. The van der Waals surface area contributed by atoms with Crippen LogP contribution < -0.4 is 4.72 Å². The van der Waals surface area contributed by atoms with Crippen LogP contribution in [0.1, 0.15) is 45.0 Å². The zero-order chi connectivity index (χ0) is 15.1. The zero-order valence-electron chi connectivity index (χ0n) is 12.5. The minimum Gasteiger partial charge on any atom is -0.598 e. The van der Waals surface area contributed by atoms with E-state index in [-0.39, 0.29) is 16.6 Å². The van der Waals surface area contributed by atoms with Crippen LogP contribution in [-0.2, 0) is 11.4 Å². The molecule has 0 spiro atoms. The average Bonchev–Trinajstić information content (AvgIpc) is 2.69. The highest BCUT2D eigenvalue weighted by molar-refractivity contribution is 7.90. The van der Waals surface area contributed by atoms with Gasteiger partial charge in [-0.1, -0.05) is 6.07 Å². The second-order valence-corrected chi connectivity index (χ2v) is 8.10. The van der Waals surface area contributed by atoms with Gasteiger partial charge in [0.05, 0.1) is 6.04 Å². The molecular weight excluding hydrogens is 275 g/mol. The molecule has 1 heterocycles. The molecule has 0 aliphatic carbocycles. The fourth-order valence-corrected chi connectivity index (χ4v) is 2.86. The molecule has 20 heavy (non-hydrogen) atoms. The maximum atomic E-state index is 14.5. The number of aromatic amines is 1. The maximum Gasteiger partial charge on any atom is 0.137 e. The first-order valence-electron chi connectivity index (χ1n) is 6.66. The van der Waals surface area contributed by atoms with E-state index in [0.717, 1.165) is 11.2 Å². The summed E-state index contributed by atoms with van der Waals surface area (Å²) in [5.41, 5.74) is 2.25. The largest absolute Gasteiger partial charge is 0.598 e. The number of rotatable bonds is 3. The lowest BCUT2D eigenvalue weighted by molar-refractivity contribution is 0.524. The number of aryl methyl sites for hydroxylation is 1. The Kier molecular flexibility index (Phi) is 4.14. The van der Waals surface area contributed by atoms with Crippen molar-refractivity contribution in [3.8, 4) is 0 Å². The molecule has 1 aromatic heterocycles. The molecule has 2 N–H and O–H groups in total. The SMILES string of the molecule is Cc1cc2c(F)c([C@@H](C)N[S@@+]([O-])C(C)(C)C)ccc2[nH]1. The van der Waals surface area contributed by atoms with Gasteiger partial charge in [-0.15, -0.1) is 4.72 Å². The summed E-state index contributed by atoms with van der Waals surface area (Å²) in [6, 6.07) is 5.08. The molecule has 0 unspecified atom stereocenters. The number of nitrogens with one attached hydrogen (secondary N) is 2. The van der Waals surface area contributed by atoms with Gasteiger partial charge < -0.3 is 9.54 Å². The number of H-pyrrole nitrogens is 1. The van der Waals surface area contributed by atoms with Gasteiger partial charge in [-0.25, -0.2) is 4.39 Å². The number of fused-ring (bicyclic) bond motifs is 1. The summed E-state index contributed by atoms with van der Waals surface area (Å²) in [5.74, 6) is -0.252. The third-order valence-electron chi connectivity index (χ3n) is 3.21. The van der Waals surface area contributed by atoms with E-state index in [1.165, 1.54) is 0 Å². The van der Waals surface area contributed by atoms with Gasteiger partial charge in [-0.05, 0) is 46.8 Å². The van der Waals surface area contributed by atoms with E-state index >= 15 is 0 Å². The van der Waals surface area contributed by atoms with Crippen molar-refractivity contribution in [1.82, 2.24) is 9.71 Å². The van der Waals surface area contributed by atoms with Crippen molar-refractivity contribution in [2.75, 3.05) is 0 Å². The molecule has 5 heteroatoms. The van der Waals surface area contributed by atoms with Crippen LogP contribution in [0.4, 0.5) is 4.39 Å². The molecule has 0 aliphatic heterocycles. The Labute approximate surface area is 122 Å². The van der Waals surface area contributed by atoms with Crippen LogP contribution in [0, 0.1) is 12.7 Å². The smallest absolute Gasteiger partial charge is 0.137 e. The van der Waals surface area contributed by atoms with E-state index in [4.69, 9.17) is 0 Å². The molecule has 110 valence electrons. The zero-order valence-corrected chi connectivity index (χ0v) is 13.3. The van der Waals surface area contributed by atoms with Crippen LogP contribution in [0.3, 0.4) is 0 Å². The van der Waals surface area contributed by atoms with Crippen molar-refractivity contribution < 1.29 is 8.94 Å². The molecule has 2 rings (SSSR count). The van der Waals surface area contributed by atoms with Gasteiger partial charge in [0.15, 0.2) is 0 Å². The number of benzene rings is 1. The van der Waals surface area contributed by atoms with E-state index in [0.29, 0.717) is 10.9 Å². The van der Waals surface area contributed by atoms with Gasteiger partial charge in [-0.3, -0.25) is 0 Å². The molecule has 0 fully saturated rings. The quantitative estimate of drug-likeness (QED) is 0.848. The van der Waals surface area contributed by atoms with Crippen molar-refractivity contribution in [2.24, 2.45) is 0 Å². The van der Waals surface area contributed by atoms with Crippen molar-refractivity contribution in [1.29, 1.82) is 0 Å². The van der Waals surface area contributed by atoms with Gasteiger partial charge in [0, 0.05) is 33.5 Å². The van der Waals surface area contributed by atoms with Crippen molar-refractivity contribution in [3.05, 3.63) is 35.3 Å². The van der Waals surface area contributed by atoms with Crippen LogP contribution in [0.2, 0.25) is 0 Å². The van der Waals surface area contributed by atoms with Gasteiger partial charge >= 0.3 is 0 Å². The fourth-order valence-electron chi connectivity index (χ4n) is 2.06. The van der Waals surface area contributed by atoms with Gasteiger partial charge in [-0.2, -0.15) is 0 Å². The standard InChI is InChI=1S/C15H21FN2OS/c1-9-8-12-13(17-9)7-6-11(14(12)16)10(2)18-20(19)15(3,4)5/h6-8,10,17-18H,1-5H3/t10-,20+/m1/s1. The minimum absolute atomic E-state index is 0.252. The first-order chi connectivity index (χ1) is 9.20. The van der Waals surface area contributed by atoms with E-state index in [9.17, 15) is 8.94 Å². The normalized spacial score (nSPS) is 15.6. The average molecular weight is 296 g/mol. The van der Waals surface area contributed by atoms with Crippen molar-refractivity contribution in [2.45, 2.75) is 45.4 Å². The van der Waals surface area contributed by atoms with Crippen LogP contribution in [0.25, 0.3) is 10.9 Å². The summed E-state index contributed by atoms with van der Waals surface area (Å²) < 4.78 is 29.2. The molecule has 0 bridgehead atoms. The number of aromatic nitrogens is 1. The van der Waals surface area contributed by atoms with E-state index in [1.54, 1.807) is 12.1 Å². The minimum atomic E-state index is -1.23. The third-order valence-corrected chi connectivity index (χ3v) is 4.89. The van der Waals surface area contributed by atoms with Crippen molar-refractivity contribution >= 4 is 22.3 Å². The summed E-state index contributed by atoms with van der Waals surface area (Å²) in [5, 5.41) is 0.579. The molecule has 2 atom stereocenters. The third kappa shape index (κ3) is 3.00. The second kappa shape index (κ2) is 5.39. The fraction of sp³-hybridized carbons (Fsp3) is 0.467. The maximum absolute atomic E-state index is 14.5. The lowest BCUT2D eigenvalue weighted by Gasteiger charge is -2.26. The Morgan fingerprint density at radius 2 is 2.00 bits per heavy atom. The predicted molar refractivity (Wildman–Crippen MR) is 82.4 cm³/mol. The molecule has 1 aromatic carbocycles. The Balaban J connectivity index is 2.30. The van der Waals surface area contributed by atoms with E-state index in [1.807, 2.05) is 40.7 Å². The molecular formula is C15H21FN2OS. The Morgan fingerprint density at radius 3 is 2.60 bits per heavy atom. The molecule has 2 aromatic rings. The summed E-state index contributed by atoms with van der Waals surface area (Å²) in [7, 11) is 0. The van der Waals surface area contributed by atoms with E-state index in [2.05, 4.69) is 9.71 Å². The predicted octanol–water partition coefficient (Wildman–Crippen LogP) is 3.73. The molecule has 0 amide bonds. The van der Waals surface area contributed by atoms with Crippen molar-refractivity contribution in [3.63, 3.8) is 0 Å². The van der Waals surface area contributed by atoms with Crippen LogP contribution in [-0.4, -0.2) is 14.3 Å². The van der Waals surface area contributed by atoms with Crippen LogP contribution in [0.5, 0.6) is 0 Å². The molecule has 3 nitrogen and oxygen atoms in total. The van der Waals surface area contributed by atoms with Gasteiger partial charge in [0.1, 0.15) is 10.6 Å². The van der Waals surface area contributed by atoms with E-state index < -0.39 is 11.4 Å². The number of halogens is 1. The Morgan fingerprint density at radius 1 is 1.35 bits per heavy atom. The molecule has 0 aliphatic rings. The lowest BCUT2D eigenvalue weighted by Crippen LogP contribution is -2.40. The van der Waals surface area contributed by atoms with Gasteiger partial charge in [0.2, 0.25) is 0 Å². The molecule has 0 saturated heterocycles. The molecule has 0 saturated carbocycles. The Bertz CT molecular complexity index is 618. The highest BCUT2D eigenvalue weighted by atomic mass is 32.2. The van der Waals surface area contributed by atoms with Crippen LogP contribution >= 0.6 is 0 Å². The summed E-state index contributed by atoms with van der Waals surface area (Å²) in [6.45, 7) is 9.39. The highest BCUT2D eigenvalue weighted by Gasteiger charge is 2.29. The Hall–Kier alpha value is -1.04. The summed E-state index contributed by atoms with van der Waals surface area (Å²) >= 11 is -1.23. The highest BCUT2D eigenvalue weighted by Crippen LogP contribution is 2.27. The topological polar surface area (TPSA) is 50.9 Å².